The third-order valence-electron chi connectivity index (χ3n) is 4.24. The number of anilines is 1. The highest BCUT2D eigenvalue weighted by atomic mass is 16.6. The zero-order valence-electron chi connectivity index (χ0n) is 12.6. The summed E-state index contributed by atoms with van der Waals surface area (Å²) in [5, 5.41) is 3.18. The van der Waals surface area contributed by atoms with E-state index < -0.39 is 0 Å². The van der Waals surface area contributed by atoms with E-state index in [1.54, 1.807) is 4.90 Å². The van der Waals surface area contributed by atoms with Crippen molar-refractivity contribution in [2.24, 2.45) is 16.6 Å². The Bertz CT molecular complexity index is 552. The van der Waals surface area contributed by atoms with Crippen molar-refractivity contribution >= 4 is 17.7 Å². The molecule has 1 saturated heterocycles. The van der Waals surface area contributed by atoms with Crippen LogP contribution in [0.25, 0.3) is 0 Å². The Hall–Kier alpha value is -2.24. The van der Waals surface area contributed by atoms with Crippen LogP contribution in [0.4, 0.5) is 10.5 Å². The molecule has 1 aliphatic carbocycles. The normalized spacial score (nSPS) is 19.0. The third-order valence-corrected chi connectivity index (χ3v) is 4.24. The maximum absolute atomic E-state index is 11.5. The van der Waals surface area contributed by atoms with Crippen molar-refractivity contribution < 1.29 is 9.53 Å². The van der Waals surface area contributed by atoms with E-state index in [2.05, 4.69) is 10.3 Å². The van der Waals surface area contributed by atoms with Gasteiger partial charge >= 0.3 is 6.09 Å². The number of amides is 1. The summed E-state index contributed by atoms with van der Waals surface area (Å²) >= 11 is 0. The number of nitrogens with two attached hydrogens (primary N) is 1. The van der Waals surface area contributed by atoms with Crippen molar-refractivity contribution in [2.75, 3.05) is 24.6 Å². The van der Waals surface area contributed by atoms with Gasteiger partial charge in [-0.05, 0) is 36.5 Å². The van der Waals surface area contributed by atoms with Crippen LogP contribution in [0.15, 0.2) is 29.3 Å². The second-order valence-electron chi connectivity index (χ2n) is 5.81. The molecule has 2 fully saturated rings. The number of benzene rings is 1. The predicted molar refractivity (Wildman–Crippen MR) is 85.8 cm³/mol. The second kappa shape index (κ2) is 6.68. The minimum atomic E-state index is -0.282. The zero-order chi connectivity index (χ0) is 15.4. The number of hydrogen-bond donors (Lipinski definition) is 2. The van der Waals surface area contributed by atoms with Crippen molar-refractivity contribution in [2.45, 2.75) is 25.8 Å². The second-order valence-corrected chi connectivity index (χ2v) is 5.81. The van der Waals surface area contributed by atoms with Crippen LogP contribution in [-0.4, -0.2) is 31.7 Å². The number of nitrogens with one attached hydrogen (secondary N) is 1. The van der Waals surface area contributed by atoms with Gasteiger partial charge in [0.15, 0.2) is 5.96 Å². The summed E-state index contributed by atoms with van der Waals surface area (Å²) in [4.78, 5) is 17.5. The summed E-state index contributed by atoms with van der Waals surface area (Å²) in [5.41, 5.74) is 7.78. The number of cyclic esters (lactones) is 1. The molecule has 0 bridgehead atoms. The smallest absolute Gasteiger partial charge is 0.414 e. The number of hydrogen-bond acceptors (Lipinski definition) is 3. The van der Waals surface area contributed by atoms with E-state index in [4.69, 9.17) is 10.5 Å². The molecule has 2 aliphatic rings. The van der Waals surface area contributed by atoms with Crippen molar-refractivity contribution in [3.8, 4) is 0 Å². The highest BCUT2D eigenvalue weighted by Gasteiger charge is 2.23. The zero-order valence-corrected chi connectivity index (χ0v) is 12.6. The number of ether oxygens (including phenoxy) is 1. The Kier molecular flexibility index (Phi) is 4.46. The van der Waals surface area contributed by atoms with E-state index in [1.807, 2.05) is 24.3 Å². The molecule has 1 amide bonds. The highest BCUT2D eigenvalue weighted by Crippen LogP contribution is 2.25. The van der Waals surface area contributed by atoms with Gasteiger partial charge in [-0.2, -0.15) is 0 Å². The van der Waals surface area contributed by atoms with Gasteiger partial charge in [0.2, 0.25) is 0 Å². The Labute approximate surface area is 130 Å². The predicted octanol–water partition coefficient (Wildman–Crippen LogP) is 1.85. The molecule has 22 heavy (non-hydrogen) atoms. The van der Waals surface area contributed by atoms with Gasteiger partial charge in [0.05, 0.1) is 13.1 Å². The van der Waals surface area contributed by atoms with Crippen molar-refractivity contribution in [1.82, 2.24) is 5.32 Å². The number of guanidine groups is 1. The maximum atomic E-state index is 11.5. The Morgan fingerprint density at radius 3 is 2.73 bits per heavy atom. The lowest BCUT2D eigenvalue weighted by Crippen LogP contribution is -2.37. The quantitative estimate of drug-likeness (QED) is 0.642. The van der Waals surface area contributed by atoms with Crippen LogP contribution in [0, 0.1) is 5.92 Å². The van der Waals surface area contributed by atoms with Gasteiger partial charge in [-0.15, -0.1) is 0 Å². The molecule has 0 unspecified atom stereocenters. The van der Waals surface area contributed by atoms with Gasteiger partial charge in [0.1, 0.15) is 6.61 Å². The molecule has 1 aromatic carbocycles. The lowest BCUT2D eigenvalue weighted by Gasteiger charge is -2.25. The monoisotopic (exact) mass is 302 g/mol. The van der Waals surface area contributed by atoms with Crippen LogP contribution in [-0.2, 0) is 11.3 Å². The molecular formula is C16H22N4O2. The van der Waals surface area contributed by atoms with Crippen LogP contribution in [0.5, 0.6) is 0 Å². The minimum Gasteiger partial charge on any atom is -0.447 e. The number of nitrogens with zero attached hydrogens (tertiary/aromatic N) is 2. The largest absolute Gasteiger partial charge is 0.447 e. The summed E-state index contributed by atoms with van der Waals surface area (Å²) in [7, 11) is 0. The molecule has 3 N–H and O–H groups in total. The van der Waals surface area contributed by atoms with E-state index in [-0.39, 0.29) is 6.09 Å². The minimum absolute atomic E-state index is 0.282. The summed E-state index contributed by atoms with van der Waals surface area (Å²) < 4.78 is 4.93. The van der Waals surface area contributed by atoms with Gasteiger partial charge in [-0.25, -0.2) is 9.79 Å². The molecule has 0 atom stereocenters. The highest BCUT2D eigenvalue weighted by molar-refractivity contribution is 5.89. The topological polar surface area (TPSA) is 79.9 Å². The molecule has 0 radical (unpaired) electrons. The summed E-state index contributed by atoms with van der Waals surface area (Å²) in [6, 6.07) is 7.75. The third kappa shape index (κ3) is 3.50. The van der Waals surface area contributed by atoms with Gasteiger partial charge in [0.25, 0.3) is 0 Å². The number of carbonyl (C=O) groups is 1. The first-order chi connectivity index (χ1) is 10.7. The van der Waals surface area contributed by atoms with Gasteiger partial charge in [-0.3, -0.25) is 4.90 Å². The fourth-order valence-electron chi connectivity index (χ4n) is 2.59. The standard InChI is InChI=1S/C16H22N4O2/c17-15(18-10-12-2-1-3-12)19-11-13-4-6-14(7-5-13)20-8-9-22-16(20)21/h4-7,12H,1-3,8-11H2,(H3,17,18,19). The molecule has 1 aliphatic heterocycles. The summed E-state index contributed by atoms with van der Waals surface area (Å²) in [5.74, 6) is 1.26. The van der Waals surface area contributed by atoms with E-state index in [0.29, 0.717) is 25.7 Å². The number of aliphatic imine (C=N–C) groups is 1. The van der Waals surface area contributed by atoms with Crippen molar-refractivity contribution in [1.29, 1.82) is 0 Å². The van der Waals surface area contributed by atoms with Crippen LogP contribution in [0.1, 0.15) is 24.8 Å². The lowest BCUT2D eigenvalue weighted by atomic mass is 9.85. The molecule has 0 spiro atoms. The van der Waals surface area contributed by atoms with Crippen molar-refractivity contribution in [3.05, 3.63) is 29.8 Å². The molecular weight excluding hydrogens is 280 g/mol. The molecule has 6 heteroatoms. The maximum Gasteiger partial charge on any atom is 0.414 e. The molecule has 1 aromatic rings. The number of rotatable bonds is 5. The average Bonchev–Trinajstić information content (AvgIpc) is 2.90. The fourth-order valence-corrected chi connectivity index (χ4v) is 2.59. The Morgan fingerprint density at radius 2 is 2.14 bits per heavy atom. The molecule has 1 saturated carbocycles. The Balaban J connectivity index is 1.50. The molecule has 3 rings (SSSR count). The molecule has 0 aromatic heterocycles. The van der Waals surface area contributed by atoms with Crippen LogP contribution in [0.2, 0.25) is 0 Å². The molecule has 1 heterocycles. The lowest BCUT2D eigenvalue weighted by molar-refractivity contribution is 0.181. The van der Waals surface area contributed by atoms with Gasteiger partial charge in [-0.1, -0.05) is 18.6 Å². The van der Waals surface area contributed by atoms with E-state index >= 15 is 0 Å². The number of carbonyl (C=O) groups excluding carboxylic acids is 1. The van der Waals surface area contributed by atoms with Gasteiger partial charge < -0.3 is 15.8 Å². The van der Waals surface area contributed by atoms with Gasteiger partial charge in [0, 0.05) is 12.2 Å². The molecule has 6 nitrogen and oxygen atoms in total. The SMILES string of the molecule is NC(=NCc1ccc(N2CCOC2=O)cc1)NCC1CCC1. The molecule has 118 valence electrons. The fraction of sp³-hybridized carbons (Fsp3) is 0.500. The first-order valence-corrected chi connectivity index (χ1v) is 7.79. The van der Waals surface area contributed by atoms with E-state index in [0.717, 1.165) is 23.7 Å². The van der Waals surface area contributed by atoms with Crippen molar-refractivity contribution in [3.63, 3.8) is 0 Å². The average molecular weight is 302 g/mol. The summed E-state index contributed by atoms with van der Waals surface area (Å²) in [6.07, 6.45) is 3.64. The Morgan fingerprint density at radius 1 is 1.36 bits per heavy atom. The first-order valence-electron chi connectivity index (χ1n) is 7.79. The van der Waals surface area contributed by atoms with E-state index in [1.165, 1.54) is 19.3 Å². The van der Waals surface area contributed by atoms with Crippen LogP contribution >= 0.6 is 0 Å². The van der Waals surface area contributed by atoms with E-state index in [9.17, 15) is 4.79 Å². The van der Waals surface area contributed by atoms with Crippen LogP contribution < -0.4 is 16.0 Å². The van der Waals surface area contributed by atoms with Crippen LogP contribution in [0.3, 0.4) is 0 Å². The summed E-state index contributed by atoms with van der Waals surface area (Å²) in [6.45, 7) is 2.52. The first kappa shape index (κ1) is 14.7.